The minimum Gasteiger partial charge on any atom is -0.455 e. The van der Waals surface area contributed by atoms with Crippen molar-refractivity contribution in [1.29, 1.82) is 0 Å². The lowest BCUT2D eigenvalue weighted by atomic mass is 9.93. The molecule has 1 aliphatic carbocycles. The van der Waals surface area contributed by atoms with Crippen molar-refractivity contribution in [3.05, 3.63) is 52.7 Å². The number of furan rings is 1. The number of hydrazone groups is 1. The number of carbonyl (C=O) groups is 2. The standard InChI is InChI=1S/C21H24N4O3/c1-14-18-16(23-24-20(26)15-8-10-22-11-9-15)6-5-7-17(18)28-19(14)21(27)25-12-3-2-4-13-25/h8-11H,2-7,12-13H2,1H3,(H,24,26)/b23-16+. The fourth-order valence-corrected chi connectivity index (χ4v) is 3.91. The van der Waals surface area contributed by atoms with Crippen molar-refractivity contribution < 1.29 is 14.0 Å². The summed E-state index contributed by atoms with van der Waals surface area (Å²) >= 11 is 0. The third-order valence-corrected chi connectivity index (χ3v) is 5.40. The van der Waals surface area contributed by atoms with Crippen molar-refractivity contribution in [2.75, 3.05) is 13.1 Å². The SMILES string of the molecule is Cc1c(C(=O)N2CCCCC2)oc2c1/C(=N/NC(=O)c1ccncc1)CCC2. The molecule has 28 heavy (non-hydrogen) atoms. The van der Waals surface area contributed by atoms with Crippen LogP contribution in [0.15, 0.2) is 34.0 Å². The highest BCUT2D eigenvalue weighted by Gasteiger charge is 2.30. The molecule has 0 aromatic carbocycles. The van der Waals surface area contributed by atoms with Crippen molar-refractivity contribution in [3.63, 3.8) is 0 Å². The fourth-order valence-electron chi connectivity index (χ4n) is 3.91. The summed E-state index contributed by atoms with van der Waals surface area (Å²) in [6, 6.07) is 3.28. The number of likely N-dealkylation sites (tertiary alicyclic amines) is 1. The van der Waals surface area contributed by atoms with Gasteiger partial charge in [-0.3, -0.25) is 14.6 Å². The molecular formula is C21H24N4O3. The van der Waals surface area contributed by atoms with Crippen LogP contribution in [0.1, 0.15) is 69.9 Å². The maximum atomic E-state index is 12.9. The predicted octanol–water partition coefficient (Wildman–Crippen LogP) is 3.08. The predicted molar refractivity (Wildman–Crippen MR) is 104 cm³/mol. The Morgan fingerprint density at radius 1 is 1.11 bits per heavy atom. The highest BCUT2D eigenvalue weighted by atomic mass is 16.4. The first-order valence-electron chi connectivity index (χ1n) is 9.84. The monoisotopic (exact) mass is 380 g/mol. The highest BCUT2D eigenvalue weighted by molar-refractivity contribution is 6.07. The average Bonchev–Trinajstić information content (AvgIpc) is 3.10. The van der Waals surface area contributed by atoms with Gasteiger partial charge in [0.25, 0.3) is 11.8 Å². The summed E-state index contributed by atoms with van der Waals surface area (Å²) in [4.78, 5) is 31.0. The molecule has 2 aromatic rings. The van der Waals surface area contributed by atoms with Crippen LogP contribution in [0.5, 0.6) is 0 Å². The molecule has 1 fully saturated rings. The molecule has 2 aliphatic rings. The summed E-state index contributed by atoms with van der Waals surface area (Å²) in [5.74, 6) is 0.891. The summed E-state index contributed by atoms with van der Waals surface area (Å²) in [6.45, 7) is 3.48. The topological polar surface area (TPSA) is 87.8 Å². The molecule has 0 saturated carbocycles. The summed E-state index contributed by atoms with van der Waals surface area (Å²) in [5, 5.41) is 4.36. The number of nitrogens with one attached hydrogen (secondary N) is 1. The van der Waals surface area contributed by atoms with E-state index in [0.29, 0.717) is 11.3 Å². The average molecular weight is 380 g/mol. The quantitative estimate of drug-likeness (QED) is 0.829. The van der Waals surface area contributed by atoms with Gasteiger partial charge in [-0.25, -0.2) is 5.43 Å². The van der Waals surface area contributed by atoms with Crippen LogP contribution in [0.25, 0.3) is 0 Å². The van der Waals surface area contributed by atoms with E-state index < -0.39 is 0 Å². The lowest BCUT2D eigenvalue weighted by molar-refractivity contribution is 0.0689. The molecule has 4 rings (SSSR count). The van der Waals surface area contributed by atoms with Gasteiger partial charge >= 0.3 is 0 Å². The Hall–Kier alpha value is -2.96. The first kappa shape index (κ1) is 18.4. The summed E-state index contributed by atoms with van der Waals surface area (Å²) < 4.78 is 5.98. The van der Waals surface area contributed by atoms with Crippen LogP contribution in [-0.4, -0.2) is 40.5 Å². The van der Waals surface area contributed by atoms with Gasteiger partial charge in [0.2, 0.25) is 0 Å². The number of aromatic nitrogens is 1. The van der Waals surface area contributed by atoms with Gasteiger partial charge in [0.05, 0.1) is 5.71 Å². The van der Waals surface area contributed by atoms with E-state index in [2.05, 4.69) is 15.5 Å². The Bertz CT molecular complexity index is 911. The molecule has 0 radical (unpaired) electrons. The smallest absolute Gasteiger partial charge is 0.289 e. The number of piperidine rings is 1. The molecule has 0 unspecified atom stereocenters. The van der Waals surface area contributed by atoms with E-state index in [-0.39, 0.29) is 11.8 Å². The molecule has 1 N–H and O–H groups in total. The number of fused-ring (bicyclic) bond motifs is 1. The van der Waals surface area contributed by atoms with Crippen LogP contribution in [0, 0.1) is 6.92 Å². The molecule has 0 bridgehead atoms. The van der Waals surface area contributed by atoms with Gasteiger partial charge < -0.3 is 9.32 Å². The van der Waals surface area contributed by atoms with Crippen LogP contribution < -0.4 is 5.43 Å². The van der Waals surface area contributed by atoms with E-state index >= 15 is 0 Å². The lowest BCUT2D eigenvalue weighted by Gasteiger charge is -2.25. The Kier molecular flexibility index (Phi) is 5.23. The second-order valence-electron chi connectivity index (χ2n) is 7.30. The molecular weight excluding hydrogens is 356 g/mol. The summed E-state index contributed by atoms with van der Waals surface area (Å²) in [5.41, 5.74) is 5.59. The molecule has 0 atom stereocenters. The Morgan fingerprint density at radius 3 is 2.61 bits per heavy atom. The molecule has 0 spiro atoms. The Balaban J connectivity index is 1.58. The lowest BCUT2D eigenvalue weighted by Crippen LogP contribution is -2.35. The molecule has 7 heteroatoms. The van der Waals surface area contributed by atoms with E-state index in [4.69, 9.17) is 4.42 Å². The van der Waals surface area contributed by atoms with Crippen LogP contribution in [0.3, 0.4) is 0 Å². The largest absolute Gasteiger partial charge is 0.455 e. The molecule has 1 aliphatic heterocycles. The zero-order valence-corrected chi connectivity index (χ0v) is 16.0. The number of hydrogen-bond donors (Lipinski definition) is 1. The van der Waals surface area contributed by atoms with Gasteiger partial charge in [-0.05, 0) is 51.2 Å². The third-order valence-electron chi connectivity index (χ3n) is 5.40. The third kappa shape index (κ3) is 3.56. The second kappa shape index (κ2) is 7.96. The van der Waals surface area contributed by atoms with Crippen LogP contribution in [0.4, 0.5) is 0 Å². The minimum absolute atomic E-state index is 0.0354. The maximum absolute atomic E-state index is 12.9. The van der Waals surface area contributed by atoms with E-state index in [1.165, 1.54) is 6.42 Å². The van der Waals surface area contributed by atoms with Gasteiger partial charge in [-0.2, -0.15) is 5.10 Å². The minimum atomic E-state index is -0.284. The van der Waals surface area contributed by atoms with E-state index in [1.807, 2.05) is 11.8 Å². The highest BCUT2D eigenvalue weighted by Crippen LogP contribution is 2.31. The molecule has 3 heterocycles. The van der Waals surface area contributed by atoms with Crippen molar-refractivity contribution in [2.24, 2.45) is 5.10 Å². The number of pyridine rings is 1. The maximum Gasteiger partial charge on any atom is 0.289 e. The normalized spacial score (nSPS) is 18.0. The first-order chi connectivity index (χ1) is 13.6. The zero-order valence-electron chi connectivity index (χ0n) is 16.0. The Morgan fingerprint density at radius 2 is 1.86 bits per heavy atom. The summed E-state index contributed by atoms with van der Waals surface area (Å²) in [7, 11) is 0. The number of amides is 2. The number of nitrogens with zero attached hydrogens (tertiary/aromatic N) is 3. The number of carbonyl (C=O) groups excluding carboxylic acids is 2. The second-order valence-corrected chi connectivity index (χ2v) is 7.30. The molecule has 2 amide bonds. The molecule has 146 valence electrons. The van der Waals surface area contributed by atoms with Crippen molar-refractivity contribution in [2.45, 2.75) is 45.4 Å². The number of hydrogen-bond acceptors (Lipinski definition) is 5. The van der Waals surface area contributed by atoms with E-state index in [0.717, 1.165) is 67.8 Å². The van der Waals surface area contributed by atoms with Crippen LogP contribution >= 0.6 is 0 Å². The van der Waals surface area contributed by atoms with Crippen LogP contribution in [0.2, 0.25) is 0 Å². The number of aryl methyl sites for hydroxylation is 1. The number of rotatable bonds is 3. The van der Waals surface area contributed by atoms with E-state index in [9.17, 15) is 9.59 Å². The van der Waals surface area contributed by atoms with Gasteiger partial charge in [0.15, 0.2) is 5.76 Å². The molecule has 7 nitrogen and oxygen atoms in total. The van der Waals surface area contributed by atoms with Gasteiger partial charge in [-0.1, -0.05) is 0 Å². The fraction of sp³-hybridized carbons (Fsp3) is 0.429. The van der Waals surface area contributed by atoms with Crippen LogP contribution in [-0.2, 0) is 6.42 Å². The first-order valence-corrected chi connectivity index (χ1v) is 9.84. The van der Waals surface area contributed by atoms with Gasteiger partial charge in [0, 0.05) is 48.6 Å². The van der Waals surface area contributed by atoms with Crippen molar-refractivity contribution in [3.8, 4) is 0 Å². The summed E-state index contributed by atoms with van der Waals surface area (Å²) in [6.07, 6.45) is 8.78. The van der Waals surface area contributed by atoms with Gasteiger partial charge in [0.1, 0.15) is 5.76 Å². The van der Waals surface area contributed by atoms with Crippen molar-refractivity contribution in [1.82, 2.24) is 15.3 Å². The van der Waals surface area contributed by atoms with Crippen molar-refractivity contribution >= 4 is 17.5 Å². The molecule has 2 aromatic heterocycles. The molecule has 1 saturated heterocycles. The van der Waals surface area contributed by atoms with Gasteiger partial charge in [-0.15, -0.1) is 0 Å². The van der Waals surface area contributed by atoms with E-state index in [1.54, 1.807) is 24.5 Å². The zero-order chi connectivity index (χ0) is 19.5. The Labute approximate surface area is 163 Å².